The summed E-state index contributed by atoms with van der Waals surface area (Å²) >= 11 is 0. The SMILES string of the molecule is O=C(Nc1cc(N2CCOCC2)n2nccc2n1)c1nccc2ccccc12. The number of hydrogen-bond donors (Lipinski definition) is 1. The fourth-order valence-electron chi connectivity index (χ4n) is 3.45. The predicted octanol–water partition coefficient (Wildman–Crippen LogP) is 2.37. The first-order chi connectivity index (χ1) is 13.8. The van der Waals surface area contributed by atoms with Crippen LogP contribution in [0.25, 0.3) is 16.4 Å². The lowest BCUT2D eigenvalue weighted by atomic mass is 10.1. The third-order valence-corrected chi connectivity index (χ3v) is 4.81. The van der Waals surface area contributed by atoms with E-state index >= 15 is 0 Å². The number of morpholine rings is 1. The van der Waals surface area contributed by atoms with E-state index in [-0.39, 0.29) is 5.91 Å². The summed E-state index contributed by atoms with van der Waals surface area (Å²) in [7, 11) is 0. The van der Waals surface area contributed by atoms with Gasteiger partial charge in [0.1, 0.15) is 17.3 Å². The van der Waals surface area contributed by atoms with Crippen molar-refractivity contribution in [2.45, 2.75) is 0 Å². The Labute approximate surface area is 160 Å². The van der Waals surface area contributed by atoms with Crippen LogP contribution in [0.15, 0.2) is 54.9 Å². The van der Waals surface area contributed by atoms with Gasteiger partial charge in [0.15, 0.2) is 5.65 Å². The van der Waals surface area contributed by atoms with Crippen molar-refractivity contribution in [1.82, 2.24) is 19.6 Å². The highest BCUT2D eigenvalue weighted by molar-refractivity contribution is 6.11. The number of rotatable bonds is 3. The second-order valence-electron chi connectivity index (χ2n) is 6.54. The molecule has 0 unspecified atom stereocenters. The van der Waals surface area contributed by atoms with Crippen molar-refractivity contribution in [2.75, 3.05) is 36.5 Å². The summed E-state index contributed by atoms with van der Waals surface area (Å²) in [6.07, 6.45) is 3.34. The van der Waals surface area contributed by atoms with Gasteiger partial charge in [-0.05, 0) is 11.5 Å². The molecule has 0 saturated carbocycles. The number of amides is 1. The Morgan fingerprint density at radius 1 is 1.07 bits per heavy atom. The van der Waals surface area contributed by atoms with Crippen molar-refractivity contribution in [1.29, 1.82) is 0 Å². The summed E-state index contributed by atoms with van der Waals surface area (Å²) in [6.45, 7) is 2.84. The summed E-state index contributed by atoms with van der Waals surface area (Å²) in [6, 6.07) is 13.2. The lowest BCUT2D eigenvalue weighted by Crippen LogP contribution is -2.37. The molecule has 1 N–H and O–H groups in total. The number of nitrogens with one attached hydrogen (secondary N) is 1. The molecule has 3 aromatic heterocycles. The average molecular weight is 374 g/mol. The van der Waals surface area contributed by atoms with Crippen molar-refractivity contribution >= 4 is 34.0 Å². The Morgan fingerprint density at radius 3 is 2.82 bits per heavy atom. The number of fused-ring (bicyclic) bond motifs is 2. The summed E-state index contributed by atoms with van der Waals surface area (Å²) < 4.78 is 7.22. The van der Waals surface area contributed by atoms with Crippen molar-refractivity contribution in [3.63, 3.8) is 0 Å². The molecular formula is C20H18N6O2. The van der Waals surface area contributed by atoms with Crippen molar-refractivity contribution < 1.29 is 9.53 Å². The van der Waals surface area contributed by atoms with Gasteiger partial charge >= 0.3 is 0 Å². The largest absolute Gasteiger partial charge is 0.378 e. The number of carbonyl (C=O) groups is 1. The van der Waals surface area contributed by atoms with E-state index < -0.39 is 0 Å². The van der Waals surface area contributed by atoms with Crippen LogP contribution in [0.2, 0.25) is 0 Å². The number of nitrogens with zero attached hydrogens (tertiary/aromatic N) is 5. The molecule has 1 fully saturated rings. The molecular weight excluding hydrogens is 356 g/mol. The highest BCUT2D eigenvalue weighted by atomic mass is 16.5. The van der Waals surface area contributed by atoms with Crippen LogP contribution in [0.4, 0.5) is 11.6 Å². The molecule has 1 aromatic carbocycles. The summed E-state index contributed by atoms with van der Waals surface area (Å²) in [5.74, 6) is 1.05. The smallest absolute Gasteiger partial charge is 0.276 e. The molecule has 1 saturated heterocycles. The molecule has 0 radical (unpaired) electrons. The third-order valence-electron chi connectivity index (χ3n) is 4.81. The molecule has 0 aliphatic carbocycles. The van der Waals surface area contributed by atoms with Gasteiger partial charge in [-0.25, -0.2) is 4.98 Å². The first kappa shape index (κ1) is 16.6. The highest BCUT2D eigenvalue weighted by Crippen LogP contribution is 2.22. The summed E-state index contributed by atoms with van der Waals surface area (Å²) in [5.41, 5.74) is 1.05. The first-order valence-corrected chi connectivity index (χ1v) is 9.12. The number of carbonyl (C=O) groups excluding carboxylic acids is 1. The summed E-state index contributed by atoms with van der Waals surface area (Å²) in [4.78, 5) is 23.9. The van der Waals surface area contributed by atoms with Crippen molar-refractivity contribution in [3.8, 4) is 0 Å². The second kappa shape index (κ2) is 6.90. The maximum absolute atomic E-state index is 12.9. The Kier molecular flexibility index (Phi) is 4.10. The van der Waals surface area contributed by atoms with Gasteiger partial charge in [-0.3, -0.25) is 9.78 Å². The molecule has 0 atom stereocenters. The van der Waals surface area contributed by atoms with Crippen molar-refractivity contribution in [3.05, 3.63) is 60.6 Å². The minimum Gasteiger partial charge on any atom is -0.378 e. The van der Waals surface area contributed by atoms with Gasteiger partial charge in [0.05, 0.1) is 19.4 Å². The monoisotopic (exact) mass is 374 g/mol. The van der Waals surface area contributed by atoms with Gasteiger partial charge in [-0.15, -0.1) is 0 Å². The quantitative estimate of drug-likeness (QED) is 0.593. The Hall–Kier alpha value is -3.52. The molecule has 0 spiro atoms. The molecule has 1 amide bonds. The Morgan fingerprint density at radius 2 is 1.93 bits per heavy atom. The molecule has 4 heterocycles. The first-order valence-electron chi connectivity index (χ1n) is 9.12. The maximum atomic E-state index is 12.9. The van der Waals surface area contributed by atoms with Gasteiger partial charge in [0.2, 0.25) is 0 Å². The number of anilines is 2. The lowest BCUT2D eigenvalue weighted by molar-refractivity contribution is 0.102. The van der Waals surface area contributed by atoms with E-state index in [1.165, 1.54) is 0 Å². The molecule has 5 rings (SSSR count). The van der Waals surface area contributed by atoms with Gasteiger partial charge in [-0.1, -0.05) is 24.3 Å². The average Bonchev–Trinajstić information content (AvgIpc) is 3.22. The molecule has 4 aromatic rings. The lowest BCUT2D eigenvalue weighted by Gasteiger charge is -2.29. The number of benzene rings is 1. The van der Waals surface area contributed by atoms with E-state index in [4.69, 9.17) is 4.74 Å². The molecule has 28 heavy (non-hydrogen) atoms. The van der Waals surface area contributed by atoms with Crippen LogP contribution in [-0.4, -0.2) is 51.8 Å². The number of aromatic nitrogens is 4. The maximum Gasteiger partial charge on any atom is 0.276 e. The zero-order chi connectivity index (χ0) is 18.9. The number of pyridine rings is 1. The zero-order valence-electron chi connectivity index (χ0n) is 15.1. The van der Waals surface area contributed by atoms with Crippen LogP contribution >= 0.6 is 0 Å². The highest BCUT2D eigenvalue weighted by Gasteiger charge is 2.18. The van der Waals surface area contributed by atoms with E-state index in [0.717, 1.165) is 29.7 Å². The van der Waals surface area contributed by atoms with E-state index in [1.54, 1.807) is 16.9 Å². The van der Waals surface area contributed by atoms with Crippen LogP contribution in [-0.2, 0) is 4.74 Å². The molecule has 8 nitrogen and oxygen atoms in total. The van der Waals surface area contributed by atoms with E-state index in [1.807, 2.05) is 42.5 Å². The molecule has 0 bridgehead atoms. The topological polar surface area (TPSA) is 84.7 Å². The molecule has 1 aliphatic heterocycles. The molecule has 140 valence electrons. The number of hydrogen-bond acceptors (Lipinski definition) is 6. The molecule has 1 aliphatic rings. The van der Waals surface area contributed by atoms with Gasteiger partial charge in [0.25, 0.3) is 5.91 Å². The van der Waals surface area contributed by atoms with E-state index in [2.05, 4.69) is 25.3 Å². The number of ether oxygens (including phenoxy) is 1. The molecule has 8 heteroatoms. The minimum absolute atomic E-state index is 0.291. The normalized spacial score (nSPS) is 14.5. The van der Waals surface area contributed by atoms with Crippen LogP contribution in [0.5, 0.6) is 0 Å². The van der Waals surface area contributed by atoms with Crippen LogP contribution in [0, 0.1) is 0 Å². The van der Waals surface area contributed by atoms with Crippen LogP contribution in [0.3, 0.4) is 0 Å². The Bertz CT molecular complexity index is 1160. The summed E-state index contributed by atoms with van der Waals surface area (Å²) in [5, 5.41) is 9.04. The third kappa shape index (κ3) is 2.93. The fourth-order valence-corrected chi connectivity index (χ4v) is 3.45. The van der Waals surface area contributed by atoms with Crippen LogP contribution < -0.4 is 10.2 Å². The van der Waals surface area contributed by atoms with Gasteiger partial charge < -0.3 is 15.0 Å². The zero-order valence-corrected chi connectivity index (χ0v) is 15.1. The van der Waals surface area contributed by atoms with Crippen molar-refractivity contribution in [2.24, 2.45) is 0 Å². The minimum atomic E-state index is -0.291. The van der Waals surface area contributed by atoms with Gasteiger partial charge in [0, 0.05) is 36.8 Å². The van der Waals surface area contributed by atoms with E-state index in [9.17, 15) is 4.79 Å². The van der Waals surface area contributed by atoms with Crippen LogP contribution in [0.1, 0.15) is 10.5 Å². The predicted molar refractivity (Wildman–Crippen MR) is 106 cm³/mol. The second-order valence-corrected chi connectivity index (χ2v) is 6.54. The van der Waals surface area contributed by atoms with E-state index in [0.29, 0.717) is 30.4 Å². The van der Waals surface area contributed by atoms with Gasteiger partial charge in [-0.2, -0.15) is 9.61 Å². The fraction of sp³-hybridized carbons (Fsp3) is 0.200. The Balaban J connectivity index is 1.51. The standard InChI is InChI=1S/C20H18N6O2/c27-20(19-15-4-2-1-3-14(15)5-7-21-19)24-16-13-18(25-9-11-28-12-10-25)26-17(23-16)6-8-22-26/h1-8,13H,9-12H2,(H,23,24,27).